The summed E-state index contributed by atoms with van der Waals surface area (Å²) in [7, 11) is 0. The molecule has 0 spiro atoms. The third kappa shape index (κ3) is 3.60. The molecule has 124 valence electrons. The van der Waals surface area contributed by atoms with Gasteiger partial charge in [-0.2, -0.15) is 10.2 Å². The largest absolute Gasteiger partial charge is 0.340 e. The fourth-order valence-electron chi connectivity index (χ4n) is 3.22. The van der Waals surface area contributed by atoms with E-state index in [1.807, 2.05) is 47.4 Å². The van der Waals surface area contributed by atoms with Gasteiger partial charge in [0.1, 0.15) is 11.6 Å². The van der Waals surface area contributed by atoms with E-state index < -0.39 is 0 Å². The van der Waals surface area contributed by atoms with E-state index in [0.717, 1.165) is 43.1 Å². The van der Waals surface area contributed by atoms with Crippen LogP contribution in [0.1, 0.15) is 42.5 Å². The second-order valence-corrected chi connectivity index (χ2v) is 6.32. The Labute approximate surface area is 136 Å². The average Bonchev–Trinajstić information content (AvgIpc) is 3.10. The van der Waals surface area contributed by atoms with Crippen molar-refractivity contribution in [2.75, 3.05) is 13.1 Å². The van der Waals surface area contributed by atoms with Crippen LogP contribution in [-0.4, -0.2) is 48.4 Å². The number of likely N-dealkylation sites (tertiary alicyclic amines) is 1. The van der Waals surface area contributed by atoms with Crippen molar-refractivity contribution < 1.29 is 4.79 Å². The maximum Gasteiger partial charge on any atom is 0.224 e. The summed E-state index contributed by atoms with van der Waals surface area (Å²) in [5.41, 5.74) is 1.12. The third-order valence-corrected chi connectivity index (χ3v) is 4.32. The van der Waals surface area contributed by atoms with Crippen LogP contribution in [0, 0.1) is 20.8 Å². The van der Waals surface area contributed by atoms with Crippen molar-refractivity contribution in [1.29, 1.82) is 0 Å². The molecule has 1 fully saturated rings. The number of hydrogen-bond acceptors (Lipinski definition) is 4. The number of piperidine rings is 1. The molecule has 1 amide bonds. The van der Waals surface area contributed by atoms with Crippen molar-refractivity contribution >= 4 is 5.91 Å². The van der Waals surface area contributed by atoms with Crippen LogP contribution in [0.2, 0.25) is 0 Å². The number of hydrogen-bond donors (Lipinski definition) is 0. The van der Waals surface area contributed by atoms with Crippen molar-refractivity contribution in [2.24, 2.45) is 0 Å². The van der Waals surface area contributed by atoms with Crippen molar-refractivity contribution in [2.45, 2.75) is 52.6 Å². The first-order valence-corrected chi connectivity index (χ1v) is 8.19. The number of carbonyl (C=O) groups excluding carboxylic acids is 1. The molecule has 3 rings (SSSR count). The Hall–Kier alpha value is -2.18. The Morgan fingerprint density at radius 1 is 1.35 bits per heavy atom. The van der Waals surface area contributed by atoms with E-state index in [0.29, 0.717) is 13.0 Å². The third-order valence-electron chi connectivity index (χ3n) is 4.32. The highest BCUT2D eigenvalue weighted by Gasteiger charge is 2.26. The lowest BCUT2D eigenvalue weighted by Crippen LogP contribution is -2.41. The fraction of sp³-hybridized carbons (Fsp3) is 0.625. The minimum Gasteiger partial charge on any atom is -0.340 e. The predicted octanol–water partition coefficient (Wildman–Crippen LogP) is 1.65. The van der Waals surface area contributed by atoms with Gasteiger partial charge in [-0.05, 0) is 39.2 Å². The summed E-state index contributed by atoms with van der Waals surface area (Å²) in [6.07, 6.45) is 6.33. The highest BCUT2D eigenvalue weighted by molar-refractivity contribution is 5.76. The standard InChI is InChI=1S/C16H24N6O/c1-12-9-17-21(10-12)8-6-16(23)20-7-4-5-15(11-20)22-14(3)18-13(2)19-22/h9-10,15H,4-8,11H2,1-3H3. The summed E-state index contributed by atoms with van der Waals surface area (Å²) < 4.78 is 3.81. The molecule has 0 N–H and O–H groups in total. The molecule has 1 atom stereocenters. The molecule has 1 aliphatic rings. The summed E-state index contributed by atoms with van der Waals surface area (Å²) in [5, 5.41) is 8.71. The van der Waals surface area contributed by atoms with Gasteiger partial charge in [0.2, 0.25) is 5.91 Å². The van der Waals surface area contributed by atoms with Gasteiger partial charge in [-0.15, -0.1) is 0 Å². The average molecular weight is 316 g/mol. The Balaban J connectivity index is 1.59. The minimum absolute atomic E-state index is 0.192. The zero-order valence-electron chi connectivity index (χ0n) is 14.1. The fourth-order valence-corrected chi connectivity index (χ4v) is 3.22. The van der Waals surface area contributed by atoms with Crippen molar-refractivity contribution in [3.05, 3.63) is 29.6 Å². The molecule has 0 aliphatic carbocycles. The normalized spacial score (nSPS) is 18.4. The van der Waals surface area contributed by atoms with E-state index >= 15 is 0 Å². The van der Waals surface area contributed by atoms with Crippen molar-refractivity contribution in [3.8, 4) is 0 Å². The molecule has 0 radical (unpaired) electrons. The van der Waals surface area contributed by atoms with Gasteiger partial charge in [-0.1, -0.05) is 0 Å². The van der Waals surface area contributed by atoms with E-state index in [4.69, 9.17) is 0 Å². The van der Waals surface area contributed by atoms with Crippen LogP contribution in [0.4, 0.5) is 0 Å². The zero-order valence-corrected chi connectivity index (χ0v) is 14.1. The Morgan fingerprint density at radius 2 is 2.17 bits per heavy atom. The van der Waals surface area contributed by atoms with Crippen LogP contribution in [0.15, 0.2) is 12.4 Å². The molecule has 1 unspecified atom stereocenters. The maximum atomic E-state index is 12.5. The number of carbonyl (C=O) groups is 1. The first kappa shape index (κ1) is 15.7. The van der Waals surface area contributed by atoms with Crippen LogP contribution in [0.5, 0.6) is 0 Å². The quantitative estimate of drug-likeness (QED) is 0.860. The highest BCUT2D eigenvalue weighted by atomic mass is 16.2. The van der Waals surface area contributed by atoms with Crippen molar-refractivity contribution in [1.82, 2.24) is 29.4 Å². The van der Waals surface area contributed by atoms with Gasteiger partial charge >= 0.3 is 0 Å². The monoisotopic (exact) mass is 316 g/mol. The Kier molecular flexibility index (Phi) is 4.45. The first-order valence-electron chi connectivity index (χ1n) is 8.19. The van der Waals surface area contributed by atoms with Gasteiger partial charge < -0.3 is 4.90 Å². The lowest BCUT2D eigenvalue weighted by atomic mass is 10.1. The number of rotatable bonds is 4. The van der Waals surface area contributed by atoms with Gasteiger partial charge in [0, 0.05) is 32.3 Å². The molecule has 2 aromatic rings. The van der Waals surface area contributed by atoms with Crippen LogP contribution in [0.3, 0.4) is 0 Å². The van der Waals surface area contributed by atoms with Gasteiger partial charge in [-0.25, -0.2) is 9.67 Å². The van der Waals surface area contributed by atoms with E-state index in [9.17, 15) is 4.79 Å². The summed E-state index contributed by atoms with van der Waals surface area (Å²) in [6, 6.07) is 0.237. The molecule has 0 aromatic carbocycles. The molecule has 3 heterocycles. The number of aromatic nitrogens is 5. The second kappa shape index (κ2) is 6.52. The molecule has 2 aromatic heterocycles. The highest BCUT2D eigenvalue weighted by Crippen LogP contribution is 2.22. The van der Waals surface area contributed by atoms with E-state index in [1.54, 1.807) is 0 Å². The van der Waals surface area contributed by atoms with Gasteiger partial charge in [-0.3, -0.25) is 9.48 Å². The van der Waals surface area contributed by atoms with Gasteiger partial charge in [0.25, 0.3) is 0 Å². The van der Waals surface area contributed by atoms with E-state index in [2.05, 4.69) is 15.2 Å². The molecule has 7 nitrogen and oxygen atoms in total. The molecule has 7 heteroatoms. The SMILES string of the molecule is Cc1cnn(CCC(=O)N2CCCC(n3nc(C)nc3C)C2)c1. The van der Waals surface area contributed by atoms with E-state index in [-0.39, 0.29) is 11.9 Å². The molecular formula is C16H24N6O. The second-order valence-electron chi connectivity index (χ2n) is 6.32. The van der Waals surface area contributed by atoms with Gasteiger partial charge in [0.05, 0.1) is 12.2 Å². The molecule has 0 saturated carbocycles. The summed E-state index contributed by atoms with van der Waals surface area (Å²) in [4.78, 5) is 18.8. The molecule has 0 bridgehead atoms. The Morgan fingerprint density at radius 3 is 2.83 bits per heavy atom. The lowest BCUT2D eigenvalue weighted by Gasteiger charge is -2.33. The predicted molar refractivity (Wildman–Crippen MR) is 85.9 cm³/mol. The van der Waals surface area contributed by atoms with Crippen LogP contribution in [-0.2, 0) is 11.3 Å². The molecule has 1 saturated heterocycles. The number of amides is 1. The zero-order chi connectivity index (χ0) is 16.4. The van der Waals surface area contributed by atoms with Gasteiger partial charge in [0.15, 0.2) is 0 Å². The maximum absolute atomic E-state index is 12.5. The summed E-state index contributed by atoms with van der Waals surface area (Å²) >= 11 is 0. The van der Waals surface area contributed by atoms with E-state index in [1.165, 1.54) is 0 Å². The molecule has 23 heavy (non-hydrogen) atoms. The van der Waals surface area contributed by atoms with Crippen LogP contribution >= 0.6 is 0 Å². The first-order chi connectivity index (χ1) is 11.0. The number of nitrogens with zero attached hydrogens (tertiary/aromatic N) is 6. The smallest absolute Gasteiger partial charge is 0.224 e. The van der Waals surface area contributed by atoms with Crippen LogP contribution < -0.4 is 0 Å². The summed E-state index contributed by atoms with van der Waals surface area (Å²) in [6.45, 7) is 8.07. The minimum atomic E-state index is 0.192. The summed E-state index contributed by atoms with van der Waals surface area (Å²) in [5.74, 6) is 1.91. The lowest BCUT2D eigenvalue weighted by molar-refractivity contribution is -0.133. The Bertz CT molecular complexity index is 689. The number of aryl methyl sites for hydroxylation is 4. The molecular weight excluding hydrogens is 292 g/mol. The topological polar surface area (TPSA) is 68.8 Å². The van der Waals surface area contributed by atoms with Crippen LogP contribution in [0.25, 0.3) is 0 Å². The molecule has 1 aliphatic heterocycles. The van der Waals surface area contributed by atoms with Crippen molar-refractivity contribution in [3.63, 3.8) is 0 Å².